The minimum absolute atomic E-state index is 0.218. The van der Waals surface area contributed by atoms with Crippen LogP contribution in [0.15, 0.2) is 60.8 Å². The van der Waals surface area contributed by atoms with Crippen molar-refractivity contribution in [2.45, 2.75) is 13.3 Å². The van der Waals surface area contributed by atoms with Gasteiger partial charge in [-0.2, -0.15) is 0 Å². The zero-order valence-corrected chi connectivity index (χ0v) is 14.5. The number of hydrogen-bond acceptors (Lipinski definition) is 3. The quantitative estimate of drug-likeness (QED) is 0.668. The number of amides is 1. The van der Waals surface area contributed by atoms with Gasteiger partial charge in [-0.15, -0.1) is 11.3 Å². The van der Waals surface area contributed by atoms with Crippen LogP contribution in [0.5, 0.6) is 0 Å². The molecule has 0 radical (unpaired) electrons. The first-order chi connectivity index (χ1) is 12.1. The van der Waals surface area contributed by atoms with E-state index in [-0.39, 0.29) is 11.7 Å². The van der Waals surface area contributed by atoms with Crippen molar-refractivity contribution in [3.8, 4) is 0 Å². The van der Waals surface area contributed by atoms with Crippen LogP contribution >= 0.6 is 11.3 Å². The Morgan fingerprint density at radius 2 is 2.04 bits per heavy atom. The number of thiazole rings is 1. The smallest absolute Gasteiger partial charge is 0.250 e. The summed E-state index contributed by atoms with van der Waals surface area (Å²) in [7, 11) is 0. The van der Waals surface area contributed by atoms with Crippen LogP contribution in [0.4, 0.5) is 9.52 Å². The second kappa shape index (κ2) is 7.85. The number of benzene rings is 2. The number of rotatable bonds is 5. The first kappa shape index (κ1) is 17.0. The fraction of sp³-hybridized carbons (Fsp3) is 0.100. The van der Waals surface area contributed by atoms with Crippen molar-refractivity contribution in [1.29, 1.82) is 0 Å². The third-order valence-electron chi connectivity index (χ3n) is 3.54. The van der Waals surface area contributed by atoms with E-state index in [1.54, 1.807) is 24.4 Å². The van der Waals surface area contributed by atoms with E-state index >= 15 is 0 Å². The van der Waals surface area contributed by atoms with Gasteiger partial charge in [0.1, 0.15) is 5.82 Å². The number of nitrogens with zero attached hydrogens (tertiary/aromatic N) is 1. The molecule has 0 saturated heterocycles. The normalized spacial score (nSPS) is 11.0. The Labute approximate surface area is 149 Å². The van der Waals surface area contributed by atoms with E-state index in [2.05, 4.69) is 10.3 Å². The average molecular weight is 352 g/mol. The molecule has 0 saturated carbocycles. The number of carbonyl (C=O) groups is 1. The van der Waals surface area contributed by atoms with Gasteiger partial charge in [0.25, 0.3) is 0 Å². The Bertz CT molecular complexity index is 900. The summed E-state index contributed by atoms with van der Waals surface area (Å²) in [6, 6.07) is 14.3. The minimum atomic E-state index is -0.249. The predicted octanol–water partition coefficient (Wildman–Crippen LogP) is 4.83. The summed E-state index contributed by atoms with van der Waals surface area (Å²) in [5.74, 6) is -0.467. The van der Waals surface area contributed by atoms with E-state index in [9.17, 15) is 9.18 Å². The SMILES string of the molecule is Cc1cccc(C=CC(=O)Nc2ncc(Cc3ccc(F)cc3)s2)c1. The largest absolute Gasteiger partial charge is 0.298 e. The molecule has 126 valence electrons. The maximum absolute atomic E-state index is 12.9. The Balaban J connectivity index is 1.59. The third kappa shape index (κ3) is 5.09. The first-order valence-electron chi connectivity index (χ1n) is 7.83. The van der Waals surface area contributed by atoms with Crippen LogP contribution in [0, 0.1) is 12.7 Å². The predicted molar refractivity (Wildman–Crippen MR) is 100 cm³/mol. The molecule has 2 aromatic carbocycles. The third-order valence-corrected chi connectivity index (χ3v) is 4.46. The van der Waals surface area contributed by atoms with Gasteiger partial charge < -0.3 is 0 Å². The molecule has 0 atom stereocenters. The Morgan fingerprint density at radius 3 is 2.80 bits per heavy atom. The molecule has 0 aliphatic heterocycles. The molecule has 3 aromatic rings. The second-order valence-corrected chi connectivity index (χ2v) is 6.79. The van der Waals surface area contributed by atoms with Gasteiger partial charge in [0.05, 0.1) is 0 Å². The molecule has 0 spiro atoms. The van der Waals surface area contributed by atoms with E-state index in [0.717, 1.165) is 21.6 Å². The topological polar surface area (TPSA) is 42.0 Å². The molecule has 0 aliphatic carbocycles. The van der Waals surface area contributed by atoms with Gasteiger partial charge in [-0.3, -0.25) is 10.1 Å². The van der Waals surface area contributed by atoms with Crippen LogP contribution in [-0.4, -0.2) is 10.9 Å². The van der Waals surface area contributed by atoms with Crippen LogP contribution in [-0.2, 0) is 11.2 Å². The molecule has 0 fully saturated rings. The second-order valence-electron chi connectivity index (χ2n) is 5.67. The summed E-state index contributed by atoms with van der Waals surface area (Å²) in [6.45, 7) is 2.01. The van der Waals surface area contributed by atoms with E-state index < -0.39 is 0 Å². The lowest BCUT2D eigenvalue weighted by Crippen LogP contribution is -2.07. The Hall–Kier alpha value is -2.79. The van der Waals surface area contributed by atoms with E-state index in [1.807, 2.05) is 31.2 Å². The number of nitrogens with one attached hydrogen (secondary N) is 1. The number of carbonyl (C=O) groups excluding carboxylic acids is 1. The molecule has 1 amide bonds. The van der Waals surface area contributed by atoms with Crippen LogP contribution in [0.2, 0.25) is 0 Å². The number of anilines is 1. The number of halogens is 1. The van der Waals surface area contributed by atoms with E-state index in [0.29, 0.717) is 11.6 Å². The van der Waals surface area contributed by atoms with Crippen molar-refractivity contribution in [1.82, 2.24) is 4.98 Å². The van der Waals surface area contributed by atoms with Gasteiger partial charge in [0.2, 0.25) is 5.91 Å². The summed E-state index contributed by atoms with van der Waals surface area (Å²) in [6.07, 6.45) is 5.66. The molecule has 3 rings (SSSR count). The molecule has 0 bridgehead atoms. The lowest BCUT2D eigenvalue weighted by atomic mass is 10.1. The number of hydrogen-bond donors (Lipinski definition) is 1. The average Bonchev–Trinajstić information content (AvgIpc) is 3.02. The van der Waals surface area contributed by atoms with Crippen molar-refractivity contribution >= 4 is 28.5 Å². The number of aryl methyl sites for hydroxylation is 1. The van der Waals surface area contributed by atoms with Crippen molar-refractivity contribution in [3.05, 3.63) is 88.2 Å². The maximum Gasteiger partial charge on any atom is 0.250 e. The highest BCUT2D eigenvalue weighted by Gasteiger charge is 2.05. The molecule has 1 heterocycles. The lowest BCUT2D eigenvalue weighted by molar-refractivity contribution is -0.111. The van der Waals surface area contributed by atoms with Crippen molar-refractivity contribution in [3.63, 3.8) is 0 Å². The van der Waals surface area contributed by atoms with Crippen molar-refractivity contribution < 1.29 is 9.18 Å². The van der Waals surface area contributed by atoms with Crippen molar-refractivity contribution in [2.24, 2.45) is 0 Å². The summed E-state index contributed by atoms with van der Waals surface area (Å²) in [5.41, 5.74) is 3.13. The Kier molecular flexibility index (Phi) is 5.36. The minimum Gasteiger partial charge on any atom is -0.298 e. The standard InChI is InChI=1S/C20H17FN2OS/c1-14-3-2-4-15(11-14)7-10-19(24)23-20-22-13-18(25-20)12-16-5-8-17(21)9-6-16/h2-11,13H,12H2,1H3,(H,22,23,24). The maximum atomic E-state index is 12.9. The van der Waals surface area contributed by atoms with E-state index in [4.69, 9.17) is 0 Å². The van der Waals surface area contributed by atoms with Crippen LogP contribution in [0.1, 0.15) is 21.6 Å². The fourth-order valence-corrected chi connectivity index (χ4v) is 3.19. The molecular weight excluding hydrogens is 335 g/mol. The highest BCUT2D eigenvalue weighted by Crippen LogP contribution is 2.21. The van der Waals surface area contributed by atoms with Crippen LogP contribution in [0.25, 0.3) is 6.08 Å². The molecule has 1 aromatic heterocycles. The van der Waals surface area contributed by atoms with Gasteiger partial charge in [0.15, 0.2) is 5.13 Å². The highest BCUT2D eigenvalue weighted by atomic mass is 32.1. The zero-order chi connectivity index (χ0) is 17.6. The Morgan fingerprint density at radius 1 is 1.24 bits per heavy atom. The van der Waals surface area contributed by atoms with Gasteiger partial charge in [-0.25, -0.2) is 9.37 Å². The molecule has 3 nitrogen and oxygen atoms in total. The monoisotopic (exact) mass is 352 g/mol. The first-order valence-corrected chi connectivity index (χ1v) is 8.65. The van der Waals surface area contributed by atoms with Crippen molar-refractivity contribution in [2.75, 3.05) is 5.32 Å². The van der Waals surface area contributed by atoms with Gasteiger partial charge >= 0.3 is 0 Å². The molecule has 5 heteroatoms. The molecule has 1 N–H and O–H groups in total. The summed E-state index contributed by atoms with van der Waals surface area (Å²) in [4.78, 5) is 17.2. The molecule has 0 aliphatic rings. The summed E-state index contributed by atoms with van der Waals surface area (Å²) in [5, 5.41) is 3.32. The van der Waals surface area contributed by atoms with E-state index in [1.165, 1.54) is 29.5 Å². The molecular formula is C20H17FN2OS. The fourth-order valence-electron chi connectivity index (χ4n) is 2.34. The van der Waals surface area contributed by atoms with Gasteiger partial charge in [-0.05, 0) is 36.3 Å². The number of aromatic nitrogens is 1. The summed E-state index contributed by atoms with van der Waals surface area (Å²) < 4.78 is 12.9. The zero-order valence-electron chi connectivity index (χ0n) is 13.7. The van der Waals surface area contributed by atoms with Gasteiger partial charge in [-0.1, -0.05) is 42.0 Å². The molecule has 25 heavy (non-hydrogen) atoms. The molecule has 0 unspecified atom stereocenters. The van der Waals surface area contributed by atoms with Crippen LogP contribution in [0.3, 0.4) is 0 Å². The van der Waals surface area contributed by atoms with Crippen LogP contribution < -0.4 is 5.32 Å². The lowest BCUT2D eigenvalue weighted by Gasteiger charge is -1.98. The highest BCUT2D eigenvalue weighted by molar-refractivity contribution is 7.15. The van der Waals surface area contributed by atoms with Gasteiger partial charge in [0, 0.05) is 23.6 Å². The summed E-state index contributed by atoms with van der Waals surface area (Å²) >= 11 is 1.41.